The van der Waals surface area contributed by atoms with Crippen LogP contribution >= 0.6 is 0 Å². The van der Waals surface area contributed by atoms with Crippen molar-refractivity contribution in [3.05, 3.63) is 29.8 Å². The first-order chi connectivity index (χ1) is 8.15. The third kappa shape index (κ3) is 3.12. The van der Waals surface area contributed by atoms with Crippen LogP contribution in [0.5, 0.6) is 0 Å². The fourth-order valence-corrected chi connectivity index (χ4v) is 2.06. The molecular formula is C13H20N4. The van der Waals surface area contributed by atoms with Gasteiger partial charge in [-0.15, -0.1) is 0 Å². The van der Waals surface area contributed by atoms with E-state index < -0.39 is 0 Å². The Morgan fingerprint density at radius 3 is 2.94 bits per heavy atom. The van der Waals surface area contributed by atoms with Crippen molar-refractivity contribution in [1.29, 1.82) is 5.41 Å². The van der Waals surface area contributed by atoms with Crippen LogP contribution in [0.15, 0.2) is 24.3 Å². The summed E-state index contributed by atoms with van der Waals surface area (Å²) in [6.45, 7) is 4.83. The summed E-state index contributed by atoms with van der Waals surface area (Å²) in [4.78, 5) is 0. The van der Waals surface area contributed by atoms with Gasteiger partial charge in [0.05, 0.1) is 0 Å². The average Bonchev–Trinajstić information content (AvgIpc) is 2.68. The van der Waals surface area contributed by atoms with Crippen LogP contribution in [-0.2, 0) is 6.42 Å². The smallest absolute Gasteiger partial charge is 0.188 e. The first-order valence-electron chi connectivity index (χ1n) is 6.08. The van der Waals surface area contributed by atoms with Crippen LogP contribution in [0.25, 0.3) is 0 Å². The molecule has 4 heteroatoms. The molecule has 0 bridgehead atoms. The van der Waals surface area contributed by atoms with Gasteiger partial charge in [-0.1, -0.05) is 18.2 Å². The van der Waals surface area contributed by atoms with Gasteiger partial charge in [-0.25, -0.2) is 0 Å². The number of hydrogen-bond donors (Lipinski definition) is 4. The molecule has 0 aromatic heterocycles. The Labute approximate surface area is 102 Å². The van der Waals surface area contributed by atoms with E-state index in [2.05, 4.69) is 34.1 Å². The van der Waals surface area contributed by atoms with Crippen LogP contribution in [0.1, 0.15) is 19.4 Å². The van der Waals surface area contributed by atoms with Gasteiger partial charge in [-0.05, 0) is 31.9 Å². The Kier molecular flexibility index (Phi) is 3.52. The minimum Gasteiger partial charge on any atom is -0.380 e. The van der Waals surface area contributed by atoms with Gasteiger partial charge in [0.1, 0.15) is 0 Å². The highest BCUT2D eigenvalue weighted by Crippen LogP contribution is 2.24. The van der Waals surface area contributed by atoms with E-state index in [9.17, 15) is 0 Å². The van der Waals surface area contributed by atoms with E-state index in [1.54, 1.807) is 0 Å². The highest BCUT2D eigenvalue weighted by Gasteiger charge is 2.19. The molecule has 1 unspecified atom stereocenters. The van der Waals surface area contributed by atoms with Gasteiger partial charge in [-0.2, -0.15) is 0 Å². The maximum absolute atomic E-state index is 7.69. The zero-order valence-electron chi connectivity index (χ0n) is 10.4. The van der Waals surface area contributed by atoms with E-state index in [4.69, 9.17) is 5.41 Å². The van der Waals surface area contributed by atoms with Crippen molar-refractivity contribution in [1.82, 2.24) is 10.6 Å². The molecule has 1 aliphatic rings. The Balaban J connectivity index is 1.78. The van der Waals surface area contributed by atoms with Gasteiger partial charge in [-0.3, -0.25) is 5.41 Å². The van der Waals surface area contributed by atoms with Crippen molar-refractivity contribution in [2.45, 2.75) is 32.4 Å². The first-order valence-corrected chi connectivity index (χ1v) is 6.08. The third-order valence-corrected chi connectivity index (χ3v) is 2.80. The van der Waals surface area contributed by atoms with Crippen molar-refractivity contribution in [2.24, 2.45) is 0 Å². The summed E-state index contributed by atoms with van der Waals surface area (Å²) < 4.78 is 0. The summed E-state index contributed by atoms with van der Waals surface area (Å²) >= 11 is 0. The van der Waals surface area contributed by atoms with Crippen LogP contribution < -0.4 is 16.0 Å². The van der Waals surface area contributed by atoms with Crippen LogP contribution in [0.3, 0.4) is 0 Å². The standard InChI is InChI=1S/C13H20N4/c1-9(2)16-13(14)15-8-11-7-10-5-3-4-6-12(10)17-11/h3-6,9,11,17H,7-8H2,1-2H3,(H3,14,15,16). The summed E-state index contributed by atoms with van der Waals surface area (Å²) in [6, 6.07) is 9.04. The van der Waals surface area contributed by atoms with Crippen LogP contribution in [0.2, 0.25) is 0 Å². The van der Waals surface area contributed by atoms with E-state index in [1.165, 1.54) is 11.3 Å². The fourth-order valence-electron chi connectivity index (χ4n) is 2.06. The molecule has 2 rings (SSSR count). The van der Waals surface area contributed by atoms with Crippen molar-refractivity contribution < 1.29 is 0 Å². The molecule has 4 N–H and O–H groups in total. The molecule has 1 aromatic carbocycles. The highest BCUT2D eigenvalue weighted by atomic mass is 15.2. The molecule has 0 aliphatic carbocycles. The average molecular weight is 232 g/mol. The number of rotatable bonds is 3. The normalized spacial score (nSPS) is 17.5. The molecule has 92 valence electrons. The number of para-hydroxylation sites is 1. The van der Waals surface area contributed by atoms with Crippen molar-refractivity contribution in [3.8, 4) is 0 Å². The van der Waals surface area contributed by atoms with Gasteiger partial charge >= 0.3 is 0 Å². The number of guanidine groups is 1. The number of anilines is 1. The molecule has 0 saturated heterocycles. The predicted molar refractivity (Wildman–Crippen MR) is 71.6 cm³/mol. The molecule has 0 radical (unpaired) electrons. The minimum absolute atomic E-state index is 0.295. The molecular weight excluding hydrogens is 212 g/mol. The second kappa shape index (κ2) is 5.08. The summed E-state index contributed by atoms with van der Waals surface area (Å²) in [6.07, 6.45) is 1.03. The van der Waals surface area contributed by atoms with Gasteiger partial charge in [0.2, 0.25) is 0 Å². The van der Waals surface area contributed by atoms with Gasteiger partial charge in [0, 0.05) is 24.3 Å². The van der Waals surface area contributed by atoms with Crippen molar-refractivity contribution >= 4 is 11.6 Å². The predicted octanol–water partition coefficient (Wildman–Crippen LogP) is 1.55. The highest BCUT2D eigenvalue weighted by molar-refractivity contribution is 5.76. The van der Waals surface area contributed by atoms with Crippen LogP contribution in [0.4, 0.5) is 5.69 Å². The summed E-state index contributed by atoms with van der Waals surface area (Å²) in [5, 5.41) is 17.3. The zero-order chi connectivity index (χ0) is 12.3. The second-order valence-electron chi connectivity index (χ2n) is 4.76. The van der Waals surface area contributed by atoms with Crippen molar-refractivity contribution in [2.75, 3.05) is 11.9 Å². The lowest BCUT2D eigenvalue weighted by Gasteiger charge is -2.16. The second-order valence-corrected chi connectivity index (χ2v) is 4.76. The third-order valence-electron chi connectivity index (χ3n) is 2.80. The Morgan fingerprint density at radius 2 is 2.24 bits per heavy atom. The number of benzene rings is 1. The van der Waals surface area contributed by atoms with Gasteiger partial charge in [0.25, 0.3) is 0 Å². The van der Waals surface area contributed by atoms with Gasteiger partial charge < -0.3 is 16.0 Å². The lowest BCUT2D eigenvalue weighted by molar-refractivity contribution is 0.661. The zero-order valence-corrected chi connectivity index (χ0v) is 10.4. The van der Waals surface area contributed by atoms with E-state index in [0.717, 1.165) is 13.0 Å². The summed E-state index contributed by atoms with van der Waals surface area (Å²) in [5.41, 5.74) is 2.59. The maximum atomic E-state index is 7.69. The first kappa shape index (κ1) is 11.8. The molecule has 17 heavy (non-hydrogen) atoms. The lowest BCUT2D eigenvalue weighted by atomic mass is 10.1. The Hall–Kier alpha value is -1.71. The molecule has 1 atom stereocenters. The van der Waals surface area contributed by atoms with E-state index in [1.807, 2.05) is 19.9 Å². The maximum Gasteiger partial charge on any atom is 0.188 e. The largest absolute Gasteiger partial charge is 0.380 e. The quantitative estimate of drug-likeness (QED) is 0.472. The van der Waals surface area contributed by atoms with E-state index in [0.29, 0.717) is 18.0 Å². The molecule has 1 aliphatic heterocycles. The monoisotopic (exact) mass is 232 g/mol. The SMILES string of the molecule is CC(C)NC(=N)NCC1Cc2ccccc2N1. The molecule has 1 heterocycles. The molecule has 4 nitrogen and oxygen atoms in total. The Bertz CT molecular complexity index is 375. The Morgan fingerprint density at radius 1 is 1.47 bits per heavy atom. The van der Waals surface area contributed by atoms with Crippen molar-refractivity contribution in [3.63, 3.8) is 0 Å². The minimum atomic E-state index is 0.295. The summed E-state index contributed by atoms with van der Waals surface area (Å²) in [5.74, 6) is 0.401. The van der Waals surface area contributed by atoms with E-state index >= 15 is 0 Å². The number of fused-ring (bicyclic) bond motifs is 1. The van der Waals surface area contributed by atoms with Crippen LogP contribution in [0, 0.1) is 5.41 Å². The lowest BCUT2D eigenvalue weighted by Crippen LogP contribution is -2.44. The number of nitrogens with one attached hydrogen (secondary N) is 4. The molecule has 0 fully saturated rings. The van der Waals surface area contributed by atoms with Gasteiger partial charge in [0.15, 0.2) is 5.96 Å². The molecule has 0 saturated carbocycles. The topological polar surface area (TPSA) is 59.9 Å². The van der Waals surface area contributed by atoms with E-state index in [-0.39, 0.29) is 0 Å². The molecule has 0 amide bonds. The van der Waals surface area contributed by atoms with Crippen LogP contribution in [-0.4, -0.2) is 24.6 Å². The fraction of sp³-hybridized carbons (Fsp3) is 0.462. The molecule has 0 spiro atoms. The molecule has 1 aromatic rings. The number of hydrogen-bond acceptors (Lipinski definition) is 2. The summed E-state index contributed by atoms with van der Waals surface area (Å²) in [7, 11) is 0.